The Balaban J connectivity index is 2.70. The van der Waals surface area contributed by atoms with Crippen LogP contribution in [0.2, 0.25) is 0 Å². The van der Waals surface area contributed by atoms with Gasteiger partial charge >= 0.3 is 6.18 Å². The molecule has 0 unspecified atom stereocenters. The third-order valence-corrected chi connectivity index (χ3v) is 5.12. The molecule has 148 valence electrons. The molecule has 0 bridgehead atoms. The summed E-state index contributed by atoms with van der Waals surface area (Å²) in [6.45, 7) is 2.15. The fourth-order valence-electron chi connectivity index (χ4n) is 3.40. The molecular formula is C18H20BrF4N3O. The SMILES string of the molecule is CC(C)(F)C[C@](NC1(C#N)CC1)(C(N)=O)[C@H](c1ccc(Br)cc1)C(F)(F)F. The van der Waals surface area contributed by atoms with Crippen molar-refractivity contribution in [1.29, 1.82) is 5.26 Å². The number of carbonyl (C=O) groups is 1. The lowest BCUT2D eigenvalue weighted by molar-refractivity contribution is -0.178. The molecule has 1 aliphatic carbocycles. The number of nitrogens with one attached hydrogen (secondary N) is 1. The number of nitrogens with zero attached hydrogens (tertiary/aromatic N) is 1. The van der Waals surface area contributed by atoms with Gasteiger partial charge in [-0.25, -0.2) is 4.39 Å². The minimum absolute atomic E-state index is 0.241. The van der Waals surface area contributed by atoms with Gasteiger partial charge in [0.2, 0.25) is 5.91 Å². The van der Waals surface area contributed by atoms with E-state index in [-0.39, 0.29) is 18.4 Å². The summed E-state index contributed by atoms with van der Waals surface area (Å²) in [5, 5.41) is 11.9. The molecule has 1 saturated carbocycles. The van der Waals surface area contributed by atoms with Gasteiger partial charge in [-0.2, -0.15) is 18.4 Å². The van der Waals surface area contributed by atoms with Gasteiger partial charge in [-0.3, -0.25) is 10.1 Å². The van der Waals surface area contributed by atoms with E-state index in [9.17, 15) is 27.6 Å². The molecule has 0 radical (unpaired) electrons. The zero-order valence-corrected chi connectivity index (χ0v) is 16.4. The van der Waals surface area contributed by atoms with E-state index in [0.29, 0.717) is 4.47 Å². The topological polar surface area (TPSA) is 78.9 Å². The summed E-state index contributed by atoms with van der Waals surface area (Å²) in [7, 11) is 0. The third kappa shape index (κ3) is 4.79. The Morgan fingerprint density at radius 3 is 2.15 bits per heavy atom. The van der Waals surface area contributed by atoms with Crippen LogP contribution in [-0.2, 0) is 4.79 Å². The molecule has 9 heteroatoms. The number of carbonyl (C=O) groups excluding carboxylic acids is 1. The number of halogens is 5. The van der Waals surface area contributed by atoms with Crippen LogP contribution in [0.3, 0.4) is 0 Å². The number of primary amides is 1. The van der Waals surface area contributed by atoms with Crippen molar-refractivity contribution in [1.82, 2.24) is 5.32 Å². The summed E-state index contributed by atoms with van der Waals surface area (Å²) in [5.74, 6) is -3.77. The number of alkyl halides is 4. The molecular weight excluding hydrogens is 430 g/mol. The molecule has 27 heavy (non-hydrogen) atoms. The molecule has 2 atom stereocenters. The van der Waals surface area contributed by atoms with Gasteiger partial charge < -0.3 is 5.73 Å². The quantitative estimate of drug-likeness (QED) is 0.614. The van der Waals surface area contributed by atoms with Crippen LogP contribution in [-0.4, -0.2) is 28.8 Å². The highest BCUT2D eigenvalue weighted by Crippen LogP contribution is 2.49. The largest absolute Gasteiger partial charge is 0.398 e. The molecule has 0 spiro atoms. The number of nitriles is 1. The highest BCUT2D eigenvalue weighted by molar-refractivity contribution is 9.10. The number of amides is 1. The van der Waals surface area contributed by atoms with E-state index in [1.165, 1.54) is 24.3 Å². The van der Waals surface area contributed by atoms with Gasteiger partial charge in [0.15, 0.2) is 0 Å². The fraction of sp³-hybridized carbons (Fsp3) is 0.556. The van der Waals surface area contributed by atoms with Gasteiger partial charge in [-0.15, -0.1) is 0 Å². The molecule has 0 saturated heterocycles. The van der Waals surface area contributed by atoms with Gasteiger partial charge in [0.1, 0.15) is 22.7 Å². The van der Waals surface area contributed by atoms with Gasteiger partial charge in [0, 0.05) is 10.9 Å². The molecule has 0 aromatic heterocycles. The number of nitrogens with two attached hydrogens (primary N) is 1. The normalized spacial score (nSPS) is 19.6. The maximum atomic E-state index is 14.6. The molecule has 4 nitrogen and oxygen atoms in total. The summed E-state index contributed by atoms with van der Waals surface area (Å²) in [6.07, 6.45) is -5.22. The zero-order valence-electron chi connectivity index (χ0n) is 14.8. The number of hydrogen-bond acceptors (Lipinski definition) is 3. The van der Waals surface area contributed by atoms with Crippen LogP contribution in [0, 0.1) is 11.3 Å². The summed E-state index contributed by atoms with van der Waals surface area (Å²) in [5.41, 5.74) is -0.778. The van der Waals surface area contributed by atoms with Gasteiger partial charge in [-0.1, -0.05) is 28.1 Å². The number of hydrogen-bond donors (Lipinski definition) is 2. The second kappa shape index (κ2) is 7.06. The predicted molar refractivity (Wildman–Crippen MR) is 95.4 cm³/mol. The van der Waals surface area contributed by atoms with Crippen molar-refractivity contribution in [3.8, 4) is 6.07 Å². The van der Waals surface area contributed by atoms with E-state index in [4.69, 9.17) is 5.73 Å². The second-order valence-corrected chi connectivity index (χ2v) is 8.49. The Morgan fingerprint density at radius 1 is 1.30 bits per heavy atom. The van der Waals surface area contributed by atoms with E-state index < -0.39 is 41.2 Å². The number of rotatable bonds is 7. The molecule has 1 amide bonds. The Labute approximate surface area is 163 Å². The van der Waals surface area contributed by atoms with Crippen LogP contribution in [0.4, 0.5) is 17.6 Å². The average Bonchev–Trinajstić information content (AvgIpc) is 3.26. The lowest BCUT2D eigenvalue weighted by Gasteiger charge is -2.43. The van der Waals surface area contributed by atoms with Crippen LogP contribution < -0.4 is 11.1 Å². The summed E-state index contributed by atoms with van der Waals surface area (Å²) in [4.78, 5) is 12.4. The average molecular weight is 450 g/mol. The number of benzene rings is 1. The minimum atomic E-state index is -4.91. The van der Waals surface area contributed by atoms with Crippen LogP contribution in [0.25, 0.3) is 0 Å². The van der Waals surface area contributed by atoms with Gasteiger partial charge in [-0.05, 0) is 44.4 Å². The monoisotopic (exact) mass is 449 g/mol. The van der Waals surface area contributed by atoms with Crippen molar-refractivity contribution in [3.63, 3.8) is 0 Å². The smallest absolute Gasteiger partial charge is 0.368 e. The highest BCUT2D eigenvalue weighted by atomic mass is 79.9. The van der Waals surface area contributed by atoms with Crippen LogP contribution in [0.5, 0.6) is 0 Å². The van der Waals surface area contributed by atoms with Crippen LogP contribution in [0.15, 0.2) is 28.7 Å². The van der Waals surface area contributed by atoms with Crippen molar-refractivity contribution >= 4 is 21.8 Å². The van der Waals surface area contributed by atoms with Crippen LogP contribution >= 0.6 is 15.9 Å². The molecule has 0 aliphatic heterocycles. The van der Waals surface area contributed by atoms with Crippen molar-refractivity contribution in [3.05, 3.63) is 34.3 Å². The van der Waals surface area contributed by atoms with Crippen molar-refractivity contribution in [2.45, 2.75) is 62.0 Å². The first-order chi connectivity index (χ1) is 12.2. The second-order valence-electron chi connectivity index (χ2n) is 7.58. The molecule has 3 N–H and O–H groups in total. The molecule has 2 rings (SSSR count). The molecule has 1 fully saturated rings. The predicted octanol–water partition coefficient (Wildman–Crippen LogP) is 4.10. The van der Waals surface area contributed by atoms with E-state index in [1.807, 2.05) is 6.07 Å². The first-order valence-corrected chi connectivity index (χ1v) is 9.06. The maximum Gasteiger partial charge on any atom is 0.398 e. The van der Waals surface area contributed by atoms with E-state index in [0.717, 1.165) is 13.8 Å². The fourth-order valence-corrected chi connectivity index (χ4v) is 3.66. The lowest BCUT2D eigenvalue weighted by atomic mass is 9.71. The Morgan fingerprint density at radius 2 is 1.81 bits per heavy atom. The molecule has 1 aliphatic rings. The molecule has 1 aromatic carbocycles. The molecule has 0 heterocycles. The first-order valence-electron chi connectivity index (χ1n) is 8.26. The first kappa shape index (κ1) is 21.6. The molecule has 1 aromatic rings. The van der Waals surface area contributed by atoms with Gasteiger partial charge in [0.25, 0.3) is 0 Å². The van der Waals surface area contributed by atoms with E-state index in [1.54, 1.807) is 0 Å². The minimum Gasteiger partial charge on any atom is -0.368 e. The Bertz CT molecular complexity index is 748. The van der Waals surface area contributed by atoms with Gasteiger partial charge in [0.05, 0.1) is 6.07 Å². The van der Waals surface area contributed by atoms with E-state index >= 15 is 0 Å². The zero-order chi connectivity index (χ0) is 20.7. The Hall–Kier alpha value is -1.66. The van der Waals surface area contributed by atoms with Crippen molar-refractivity contribution in [2.75, 3.05) is 0 Å². The summed E-state index contributed by atoms with van der Waals surface area (Å²) >= 11 is 3.15. The lowest BCUT2D eigenvalue weighted by Crippen LogP contribution is -2.67. The Kier molecular flexibility index (Phi) is 5.66. The summed E-state index contributed by atoms with van der Waals surface area (Å²) < 4.78 is 57.6. The highest BCUT2D eigenvalue weighted by Gasteiger charge is 2.63. The van der Waals surface area contributed by atoms with Crippen molar-refractivity contribution < 1.29 is 22.4 Å². The maximum absolute atomic E-state index is 14.6. The summed E-state index contributed by atoms with van der Waals surface area (Å²) in [6, 6.07) is 7.11. The third-order valence-electron chi connectivity index (χ3n) is 4.59. The van der Waals surface area contributed by atoms with Crippen molar-refractivity contribution in [2.24, 2.45) is 5.73 Å². The van der Waals surface area contributed by atoms with E-state index in [2.05, 4.69) is 21.2 Å². The standard InChI is InChI=1S/C18H20BrF4N3O/c1-15(2,20)9-17(14(25)27,26-16(10-24)7-8-16)13(18(21,22)23)11-3-5-12(19)6-4-11/h3-6,13,26H,7-9H2,1-2H3,(H2,25,27)/t13-,17+/m0/s1. The van der Waals surface area contributed by atoms with Crippen LogP contribution in [0.1, 0.15) is 44.6 Å².